The molecule has 3 aliphatic rings. The molecular formula is C22H22O11. The zero-order valence-electron chi connectivity index (χ0n) is 17.3. The number of aliphatic hydroxyl groups is 4. The van der Waals surface area contributed by atoms with Gasteiger partial charge in [0, 0.05) is 17.7 Å². The van der Waals surface area contributed by atoms with E-state index in [0.717, 1.165) is 12.1 Å². The number of aromatic hydroxyl groups is 2. The van der Waals surface area contributed by atoms with Gasteiger partial charge in [0.15, 0.2) is 28.4 Å². The maximum absolute atomic E-state index is 11.8. The molecule has 33 heavy (non-hydrogen) atoms. The molecule has 1 fully saturated rings. The highest BCUT2D eigenvalue weighted by molar-refractivity contribution is 5.76. The molecule has 1 saturated heterocycles. The van der Waals surface area contributed by atoms with Crippen LogP contribution in [0.3, 0.4) is 0 Å². The zero-order valence-corrected chi connectivity index (χ0v) is 17.3. The lowest BCUT2D eigenvalue weighted by molar-refractivity contribution is -0.277. The van der Waals surface area contributed by atoms with E-state index in [9.17, 15) is 35.4 Å². The molecule has 4 rings (SSSR count). The van der Waals surface area contributed by atoms with Crippen molar-refractivity contribution in [2.45, 2.75) is 30.7 Å². The van der Waals surface area contributed by atoms with Crippen molar-refractivity contribution in [1.29, 1.82) is 0 Å². The third kappa shape index (κ3) is 4.19. The van der Waals surface area contributed by atoms with Gasteiger partial charge < -0.3 is 49.3 Å². The van der Waals surface area contributed by atoms with Crippen molar-refractivity contribution >= 4 is 0 Å². The van der Waals surface area contributed by atoms with Gasteiger partial charge in [0.05, 0.1) is 19.3 Å². The summed E-state index contributed by atoms with van der Waals surface area (Å²) in [5, 5.41) is 60.0. The lowest BCUT2D eigenvalue weighted by Gasteiger charge is -2.39. The molecule has 1 aliphatic carbocycles. The molecule has 0 radical (unpaired) electrons. The molecule has 0 unspecified atom stereocenters. The lowest BCUT2D eigenvalue weighted by atomic mass is 9.99. The first kappa shape index (κ1) is 22.8. The number of fused-ring (bicyclic) bond motifs is 1. The van der Waals surface area contributed by atoms with E-state index in [1.807, 2.05) is 0 Å². The normalized spacial score (nSPS) is 25.2. The minimum Gasteiger partial charge on any atom is -0.507 e. The summed E-state index contributed by atoms with van der Waals surface area (Å²) in [5.74, 6) is -0.436. The Morgan fingerprint density at radius 2 is 1.70 bits per heavy atom. The van der Waals surface area contributed by atoms with Gasteiger partial charge in [-0.25, -0.2) is 0 Å². The lowest BCUT2D eigenvalue weighted by Crippen LogP contribution is -2.60. The second-order valence-corrected chi connectivity index (χ2v) is 7.50. The van der Waals surface area contributed by atoms with E-state index in [-0.39, 0.29) is 40.1 Å². The van der Waals surface area contributed by atoms with Gasteiger partial charge in [-0.2, -0.15) is 0 Å². The Bertz CT molecular complexity index is 1170. The number of aliphatic hydroxyl groups excluding tert-OH is 4. The standard InChI is InChI=1S/C22H22O11/c1-30-15-4-9(2-3-12(15)25)21-16(7-11-13(26)5-10(24)6-14(11)31-21)32-22-20(29)19(28)18(27)17(8-23)33-22/h2-7,17-20,22-23,25-29H,8H2,1H3/t17-,18+,19+,20-,22-/m1/s1. The number of benzene rings is 2. The van der Waals surface area contributed by atoms with Crippen LogP contribution in [0.2, 0.25) is 0 Å². The van der Waals surface area contributed by atoms with E-state index in [1.165, 1.54) is 31.4 Å². The molecule has 1 aromatic carbocycles. The number of phenols is 2. The molecular weight excluding hydrogens is 440 g/mol. The second kappa shape index (κ2) is 8.89. The maximum atomic E-state index is 11.8. The number of ether oxygens (including phenoxy) is 3. The van der Waals surface area contributed by atoms with E-state index >= 15 is 0 Å². The number of hydrogen-bond donors (Lipinski definition) is 6. The molecule has 5 atom stereocenters. The number of methoxy groups -OCH3 is 1. The fourth-order valence-electron chi connectivity index (χ4n) is 3.57. The highest BCUT2D eigenvalue weighted by Gasteiger charge is 2.45. The number of phenolic OH excluding ortho intramolecular Hbond substituents is 2. The molecule has 0 bridgehead atoms. The highest BCUT2D eigenvalue weighted by atomic mass is 16.7. The summed E-state index contributed by atoms with van der Waals surface area (Å²) in [5.41, 5.74) is -0.0498. The van der Waals surface area contributed by atoms with Gasteiger partial charge in [0.25, 0.3) is 0 Å². The first-order chi connectivity index (χ1) is 15.7. The fraction of sp³-hybridized carbons (Fsp3) is 0.318. The third-order valence-corrected chi connectivity index (χ3v) is 5.34. The van der Waals surface area contributed by atoms with Crippen molar-refractivity contribution in [3.05, 3.63) is 46.6 Å². The molecule has 1 aromatic rings. The van der Waals surface area contributed by atoms with Crippen LogP contribution in [0, 0.1) is 0 Å². The van der Waals surface area contributed by atoms with Crippen molar-refractivity contribution in [2.75, 3.05) is 13.7 Å². The van der Waals surface area contributed by atoms with Crippen molar-refractivity contribution in [2.24, 2.45) is 0 Å². The Hall–Kier alpha value is -3.35. The first-order valence-corrected chi connectivity index (χ1v) is 9.89. The quantitative estimate of drug-likeness (QED) is 0.301. The minimum absolute atomic E-state index is 0.0164. The Morgan fingerprint density at radius 1 is 0.939 bits per heavy atom. The second-order valence-electron chi connectivity index (χ2n) is 7.50. The summed E-state index contributed by atoms with van der Waals surface area (Å²) in [4.78, 5) is 11.8. The molecule has 2 aliphatic heterocycles. The van der Waals surface area contributed by atoms with Gasteiger partial charge in [0.1, 0.15) is 35.9 Å². The third-order valence-electron chi connectivity index (χ3n) is 5.34. The molecule has 11 nitrogen and oxygen atoms in total. The van der Waals surface area contributed by atoms with Crippen LogP contribution in [0.4, 0.5) is 0 Å². The van der Waals surface area contributed by atoms with Gasteiger partial charge >= 0.3 is 0 Å². The zero-order chi connectivity index (χ0) is 23.9. The monoisotopic (exact) mass is 462 g/mol. The van der Waals surface area contributed by atoms with Crippen LogP contribution >= 0.6 is 0 Å². The fourth-order valence-corrected chi connectivity index (χ4v) is 3.57. The smallest absolute Gasteiger partial charge is 0.229 e. The topological polar surface area (TPSA) is 179 Å². The number of rotatable bonds is 5. The maximum Gasteiger partial charge on any atom is 0.229 e. The SMILES string of the molecule is COc1cc(-c2oc3cc(=O)cc(O)c-3cc2O[C@@H]2O[C@H](CO)[C@H](O)[C@H](O)[C@H]2O)ccc1O. The van der Waals surface area contributed by atoms with Gasteiger partial charge in [-0.05, 0) is 24.3 Å². The largest absolute Gasteiger partial charge is 0.507 e. The van der Waals surface area contributed by atoms with Crippen LogP contribution < -0.4 is 14.9 Å². The van der Waals surface area contributed by atoms with Crippen LogP contribution in [0.25, 0.3) is 22.6 Å². The predicted octanol–water partition coefficient (Wildman–Crippen LogP) is 0.0101. The molecule has 11 heteroatoms. The molecule has 2 heterocycles. The molecule has 0 amide bonds. The Labute approximate surface area is 186 Å². The van der Waals surface area contributed by atoms with Crippen molar-refractivity contribution in [3.63, 3.8) is 0 Å². The summed E-state index contributed by atoms with van der Waals surface area (Å²) in [6, 6.07) is 7.73. The molecule has 0 spiro atoms. The molecule has 0 aromatic heterocycles. The van der Waals surface area contributed by atoms with Gasteiger partial charge in [-0.15, -0.1) is 0 Å². The summed E-state index contributed by atoms with van der Waals surface area (Å²) < 4.78 is 22.1. The van der Waals surface area contributed by atoms with E-state index in [0.29, 0.717) is 5.56 Å². The van der Waals surface area contributed by atoms with Crippen LogP contribution in [0.1, 0.15) is 0 Å². The van der Waals surface area contributed by atoms with Gasteiger partial charge in [0.2, 0.25) is 6.29 Å². The Kier molecular flexibility index (Phi) is 6.15. The van der Waals surface area contributed by atoms with E-state index < -0.39 is 42.7 Å². The van der Waals surface area contributed by atoms with Gasteiger partial charge in [-0.1, -0.05) is 0 Å². The number of hydrogen-bond acceptors (Lipinski definition) is 11. The minimum atomic E-state index is -1.70. The average Bonchev–Trinajstić information content (AvgIpc) is 2.79. The summed E-state index contributed by atoms with van der Waals surface area (Å²) in [6.45, 7) is -0.651. The summed E-state index contributed by atoms with van der Waals surface area (Å²) >= 11 is 0. The van der Waals surface area contributed by atoms with Crippen molar-refractivity contribution < 1.29 is 49.3 Å². The summed E-state index contributed by atoms with van der Waals surface area (Å²) in [6.07, 6.45) is -7.69. The van der Waals surface area contributed by atoms with Crippen LogP contribution in [-0.4, -0.2) is 75.1 Å². The van der Waals surface area contributed by atoms with Crippen molar-refractivity contribution in [3.8, 4) is 45.6 Å². The van der Waals surface area contributed by atoms with E-state index in [4.69, 9.17) is 18.6 Å². The molecule has 0 saturated carbocycles. The predicted molar refractivity (Wildman–Crippen MR) is 111 cm³/mol. The van der Waals surface area contributed by atoms with Crippen molar-refractivity contribution in [1.82, 2.24) is 0 Å². The van der Waals surface area contributed by atoms with Crippen LogP contribution in [0.5, 0.6) is 23.0 Å². The highest BCUT2D eigenvalue weighted by Crippen LogP contribution is 2.43. The first-order valence-electron chi connectivity index (χ1n) is 9.89. The Balaban J connectivity index is 1.85. The Morgan fingerprint density at radius 3 is 2.39 bits per heavy atom. The molecule has 6 N–H and O–H groups in total. The summed E-state index contributed by atoms with van der Waals surface area (Å²) in [7, 11) is 1.35. The van der Waals surface area contributed by atoms with Crippen LogP contribution in [-0.2, 0) is 4.74 Å². The van der Waals surface area contributed by atoms with E-state index in [1.54, 1.807) is 0 Å². The molecule has 176 valence electrons. The van der Waals surface area contributed by atoms with Crippen LogP contribution in [0.15, 0.2) is 45.6 Å². The average molecular weight is 462 g/mol. The van der Waals surface area contributed by atoms with Gasteiger partial charge in [-0.3, -0.25) is 4.79 Å². The van der Waals surface area contributed by atoms with E-state index in [2.05, 4.69) is 0 Å².